The van der Waals surface area contributed by atoms with Crippen LogP contribution < -0.4 is 5.73 Å². The summed E-state index contributed by atoms with van der Waals surface area (Å²) in [5.74, 6) is 2.94. The normalized spacial score (nSPS) is 23.4. The lowest BCUT2D eigenvalue weighted by Gasteiger charge is -2.37. The third-order valence-corrected chi connectivity index (χ3v) is 3.88. The number of amides is 2. The van der Waals surface area contributed by atoms with E-state index in [0.717, 1.165) is 6.42 Å². The summed E-state index contributed by atoms with van der Waals surface area (Å²) in [5.41, 5.74) is 6.56. The monoisotopic (exact) mass is 269 g/mol. The number of hydrogen-bond donors (Lipinski definition) is 1. The Balaban J connectivity index is 2.20. The molecule has 0 radical (unpaired) electrons. The summed E-state index contributed by atoms with van der Waals surface area (Å²) in [6.45, 7) is 3.74. The zero-order valence-corrected chi connectivity index (χ0v) is 11.8. The van der Waals surface area contributed by atoms with E-state index in [1.165, 1.54) is 5.56 Å². The van der Waals surface area contributed by atoms with Gasteiger partial charge in [0.15, 0.2) is 0 Å². The van der Waals surface area contributed by atoms with Gasteiger partial charge in [0, 0.05) is 0 Å². The smallest absolute Gasteiger partial charge is 0.347 e. The number of benzene rings is 1. The minimum atomic E-state index is -0.612. The Bertz CT molecular complexity index is 573. The van der Waals surface area contributed by atoms with Gasteiger partial charge in [0.25, 0.3) is 0 Å². The number of carbonyl (C=O) groups is 1. The molecule has 2 amide bonds. The predicted octanol–water partition coefficient (Wildman–Crippen LogP) is 2.19. The van der Waals surface area contributed by atoms with Crippen molar-refractivity contribution in [2.75, 3.05) is 0 Å². The van der Waals surface area contributed by atoms with Crippen molar-refractivity contribution < 1.29 is 4.79 Å². The van der Waals surface area contributed by atoms with Crippen molar-refractivity contribution in [1.29, 1.82) is 0 Å². The molecule has 0 spiro atoms. The van der Waals surface area contributed by atoms with Crippen molar-refractivity contribution in [2.24, 2.45) is 10.7 Å². The fourth-order valence-corrected chi connectivity index (χ4v) is 2.56. The van der Waals surface area contributed by atoms with E-state index in [1.54, 1.807) is 4.90 Å². The van der Waals surface area contributed by atoms with E-state index in [9.17, 15) is 4.79 Å². The summed E-state index contributed by atoms with van der Waals surface area (Å²) in [6.07, 6.45) is 6.96. The fourth-order valence-electron chi connectivity index (χ4n) is 2.56. The Labute approximate surface area is 119 Å². The third-order valence-electron chi connectivity index (χ3n) is 3.88. The molecule has 1 aromatic carbocycles. The average Bonchev–Trinajstić information content (AvgIpc) is 2.67. The minimum Gasteiger partial charge on any atom is -0.385 e. The molecule has 0 aromatic heterocycles. The molecule has 0 bridgehead atoms. The maximum Gasteiger partial charge on any atom is 0.347 e. The first-order valence-electron chi connectivity index (χ1n) is 6.67. The van der Waals surface area contributed by atoms with Gasteiger partial charge in [-0.2, -0.15) is 4.99 Å². The van der Waals surface area contributed by atoms with Crippen molar-refractivity contribution in [1.82, 2.24) is 4.90 Å². The van der Waals surface area contributed by atoms with Gasteiger partial charge in [-0.25, -0.2) is 4.79 Å². The van der Waals surface area contributed by atoms with Crippen LogP contribution in [0.1, 0.15) is 25.8 Å². The molecule has 1 aliphatic rings. The number of urea groups is 1. The van der Waals surface area contributed by atoms with E-state index in [4.69, 9.17) is 12.2 Å². The highest BCUT2D eigenvalue weighted by Crippen LogP contribution is 2.30. The standard InChI is InChI=1S/C16H19N3O/c1-4-12(2)19-15(20)18-14(17)16(19,3)11-10-13-8-6-5-7-9-13/h1,5-9,12H,10-11H2,2-3H3,(H2,17,18,20). The Hall–Kier alpha value is -2.28. The van der Waals surface area contributed by atoms with Gasteiger partial charge < -0.3 is 5.73 Å². The molecule has 0 saturated heterocycles. The van der Waals surface area contributed by atoms with Gasteiger partial charge in [0.2, 0.25) is 0 Å². The zero-order valence-electron chi connectivity index (χ0n) is 11.8. The molecule has 2 rings (SSSR count). The maximum absolute atomic E-state index is 12.0. The molecule has 2 unspecified atom stereocenters. The van der Waals surface area contributed by atoms with E-state index in [-0.39, 0.29) is 12.1 Å². The molecule has 0 saturated carbocycles. The van der Waals surface area contributed by atoms with E-state index in [1.807, 2.05) is 32.0 Å². The number of terminal acetylenes is 1. The molecular weight excluding hydrogens is 250 g/mol. The molecule has 2 N–H and O–H groups in total. The van der Waals surface area contributed by atoms with Gasteiger partial charge in [-0.3, -0.25) is 4.90 Å². The largest absolute Gasteiger partial charge is 0.385 e. The SMILES string of the molecule is C#CC(C)N1C(=O)N=C(N)C1(C)CCc1ccccc1. The van der Waals surface area contributed by atoms with Crippen LogP contribution in [0.25, 0.3) is 0 Å². The Morgan fingerprint density at radius 2 is 2.10 bits per heavy atom. The lowest BCUT2D eigenvalue weighted by Crippen LogP contribution is -2.55. The molecule has 104 valence electrons. The van der Waals surface area contributed by atoms with Crippen LogP contribution in [0.4, 0.5) is 4.79 Å². The predicted molar refractivity (Wildman–Crippen MR) is 80.3 cm³/mol. The molecular formula is C16H19N3O. The van der Waals surface area contributed by atoms with Crippen LogP contribution in [0.15, 0.2) is 35.3 Å². The average molecular weight is 269 g/mol. The second kappa shape index (κ2) is 5.38. The molecule has 20 heavy (non-hydrogen) atoms. The van der Waals surface area contributed by atoms with Crippen LogP contribution in [-0.4, -0.2) is 28.3 Å². The summed E-state index contributed by atoms with van der Waals surface area (Å²) < 4.78 is 0. The van der Waals surface area contributed by atoms with Crippen LogP contribution in [0, 0.1) is 12.3 Å². The summed E-state index contributed by atoms with van der Waals surface area (Å²) in [6, 6.07) is 9.42. The number of aliphatic imine (C=N–C) groups is 1. The molecule has 0 aliphatic carbocycles. The first kappa shape index (κ1) is 14.1. The molecule has 1 aliphatic heterocycles. The number of nitrogens with zero attached hydrogens (tertiary/aromatic N) is 2. The first-order chi connectivity index (χ1) is 9.49. The first-order valence-corrected chi connectivity index (χ1v) is 6.67. The molecule has 4 nitrogen and oxygen atoms in total. The number of aryl methyl sites for hydroxylation is 1. The number of hydrogen-bond acceptors (Lipinski definition) is 2. The number of nitrogens with two attached hydrogens (primary N) is 1. The highest BCUT2D eigenvalue weighted by molar-refractivity contribution is 6.05. The summed E-state index contributed by atoms with van der Waals surface area (Å²) in [7, 11) is 0. The molecule has 1 aromatic rings. The fraction of sp³-hybridized carbons (Fsp3) is 0.375. The van der Waals surface area contributed by atoms with E-state index in [2.05, 4.69) is 23.0 Å². The highest BCUT2D eigenvalue weighted by Gasteiger charge is 2.46. The second-order valence-corrected chi connectivity index (χ2v) is 5.25. The number of rotatable bonds is 4. The zero-order chi connectivity index (χ0) is 14.8. The van der Waals surface area contributed by atoms with Crippen LogP contribution in [0.3, 0.4) is 0 Å². The number of carbonyl (C=O) groups excluding carboxylic acids is 1. The van der Waals surface area contributed by atoms with Gasteiger partial charge in [0.05, 0.1) is 6.04 Å². The Kier molecular flexibility index (Phi) is 3.80. The van der Waals surface area contributed by atoms with E-state index >= 15 is 0 Å². The molecule has 4 heteroatoms. The Morgan fingerprint density at radius 3 is 2.70 bits per heavy atom. The summed E-state index contributed by atoms with van der Waals surface area (Å²) in [4.78, 5) is 17.5. The van der Waals surface area contributed by atoms with Crippen molar-refractivity contribution in [2.45, 2.75) is 38.3 Å². The second-order valence-electron chi connectivity index (χ2n) is 5.25. The van der Waals surface area contributed by atoms with Gasteiger partial charge in [-0.05, 0) is 32.3 Å². The number of amidine groups is 1. The lowest BCUT2D eigenvalue weighted by atomic mass is 9.90. The maximum atomic E-state index is 12.0. The van der Waals surface area contributed by atoms with Gasteiger partial charge >= 0.3 is 6.03 Å². The molecule has 2 atom stereocenters. The van der Waals surface area contributed by atoms with Crippen LogP contribution in [0.5, 0.6) is 0 Å². The quantitative estimate of drug-likeness (QED) is 0.852. The van der Waals surface area contributed by atoms with Crippen molar-refractivity contribution >= 4 is 11.9 Å². The van der Waals surface area contributed by atoms with Crippen LogP contribution >= 0.6 is 0 Å². The Morgan fingerprint density at radius 1 is 1.45 bits per heavy atom. The summed E-state index contributed by atoms with van der Waals surface area (Å²) >= 11 is 0. The highest BCUT2D eigenvalue weighted by atomic mass is 16.2. The molecule has 1 heterocycles. The van der Waals surface area contributed by atoms with Crippen molar-refractivity contribution in [3.8, 4) is 12.3 Å². The van der Waals surface area contributed by atoms with Gasteiger partial charge in [-0.1, -0.05) is 36.3 Å². The van der Waals surface area contributed by atoms with E-state index < -0.39 is 5.54 Å². The van der Waals surface area contributed by atoms with Crippen LogP contribution in [-0.2, 0) is 6.42 Å². The topological polar surface area (TPSA) is 58.7 Å². The van der Waals surface area contributed by atoms with Gasteiger partial charge in [-0.15, -0.1) is 6.42 Å². The summed E-state index contributed by atoms with van der Waals surface area (Å²) in [5, 5.41) is 0. The van der Waals surface area contributed by atoms with Crippen LogP contribution in [0.2, 0.25) is 0 Å². The third kappa shape index (κ3) is 2.39. The van der Waals surface area contributed by atoms with Gasteiger partial charge in [0.1, 0.15) is 11.4 Å². The molecule has 0 fully saturated rings. The van der Waals surface area contributed by atoms with Crippen molar-refractivity contribution in [3.63, 3.8) is 0 Å². The van der Waals surface area contributed by atoms with Crippen molar-refractivity contribution in [3.05, 3.63) is 35.9 Å². The minimum absolute atomic E-state index is 0.326. The van der Waals surface area contributed by atoms with E-state index in [0.29, 0.717) is 12.3 Å². The lowest BCUT2D eigenvalue weighted by molar-refractivity contribution is 0.162.